The lowest BCUT2D eigenvalue weighted by molar-refractivity contribution is -0.134. The first-order valence-electron chi connectivity index (χ1n) is 3.54. The molecule has 3 heteroatoms. The first kappa shape index (κ1) is 6.34. The Kier molecular flexibility index (Phi) is 1.18. The van der Waals surface area contributed by atoms with E-state index in [1.54, 1.807) is 0 Å². The van der Waals surface area contributed by atoms with Crippen LogP contribution in [0, 0.1) is 0 Å². The van der Waals surface area contributed by atoms with E-state index in [1.807, 2.05) is 6.08 Å². The molecule has 0 fully saturated rings. The van der Waals surface area contributed by atoms with Gasteiger partial charge >= 0.3 is 0 Å². The average molecular weight is 149 g/mol. The number of hydrogen-bond acceptors (Lipinski definition) is 2. The van der Waals surface area contributed by atoms with E-state index in [0.717, 1.165) is 18.5 Å². The van der Waals surface area contributed by atoms with E-state index in [0.29, 0.717) is 0 Å². The first-order valence-corrected chi connectivity index (χ1v) is 3.54. The van der Waals surface area contributed by atoms with Crippen molar-refractivity contribution in [1.29, 1.82) is 0 Å². The van der Waals surface area contributed by atoms with Gasteiger partial charge < -0.3 is 0 Å². The molecule has 0 saturated carbocycles. The third-order valence-electron chi connectivity index (χ3n) is 1.88. The summed E-state index contributed by atoms with van der Waals surface area (Å²) < 4.78 is 0. The highest BCUT2D eigenvalue weighted by Crippen LogP contribution is 2.24. The van der Waals surface area contributed by atoms with Gasteiger partial charge in [-0.25, -0.2) is 4.90 Å². The van der Waals surface area contributed by atoms with Gasteiger partial charge in [-0.1, -0.05) is 6.08 Å². The van der Waals surface area contributed by atoms with Gasteiger partial charge in [0.2, 0.25) is 0 Å². The molecular formula is C8H7NO2. The van der Waals surface area contributed by atoms with Crippen molar-refractivity contribution >= 4 is 11.8 Å². The van der Waals surface area contributed by atoms with Crippen LogP contribution in [0.4, 0.5) is 0 Å². The van der Waals surface area contributed by atoms with E-state index in [2.05, 4.69) is 0 Å². The van der Waals surface area contributed by atoms with Crippen molar-refractivity contribution in [3.05, 3.63) is 23.9 Å². The highest BCUT2D eigenvalue weighted by atomic mass is 16.2. The number of allylic oxidation sites excluding steroid dienone is 2. The first-order chi connectivity index (χ1) is 5.29. The molecule has 3 nitrogen and oxygen atoms in total. The second-order valence-corrected chi connectivity index (χ2v) is 2.58. The molecule has 0 atom stereocenters. The van der Waals surface area contributed by atoms with Gasteiger partial charge in [-0.2, -0.15) is 0 Å². The summed E-state index contributed by atoms with van der Waals surface area (Å²) in [7, 11) is 0. The molecule has 11 heavy (non-hydrogen) atoms. The van der Waals surface area contributed by atoms with E-state index in [-0.39, 0.29) is 11.8 Å². The molecule has 2 amide bonds. The maximum atomic E-state index is 11.0. The van der Waals surface area contributed by atoms with Crippen LogP contribution in [-0.2, 0) is 9.59 Å². The molecule has 0 aromatic heterocycles. The fourth-order valence-corrected chi connectivity index (χ4v) is 1.16. The summed E-state index contributed by atoms with van der Waals surface area (Å²) >= 11 is 0. The van der Waals surface area contributed by atoms with Crippen LogP contribution in [0.25, 0.3) is 0 Å². The normalized spacial score (nSPS) is 22.2. The summed E-state index contributed by atoms with van der Waals surface area (Å²) in [6.07, 6.45) is 6.34. The molecule has 0 radical (unpaired) electrons. The van der Waals surface area contributed by atoms with Gasteiger partial charge in [0.05, 0.1) is 0 Å². The molecule has 1 aliphatic heterocycles. The second kappa shape index (κ2) is 2.05. The zero-order chi connectivity index (χ0) is 7.84. The number of nitrogens with zero attached hydrogens (tertiary/aromatic N) is 1. The fraction of sp³-hybridized carbons (Fsp3) is 0.250. The zero-order valence-corrected chi connectivity index (χ0v) is 5.91. The fourth-order valence-electron chi connectivity index (χ4n) is 1.16. The summed E-state index contributed by atoms with van der Waals surface area (Å²) in [6.45, 7) is 0. The van der Waals surface area contributed by atoms with Crippen LogP contribution in [0.3, 0.4) is 0 Å². The molecule has 2 aliphatic rings. The van der Waals surface area contributed by atoms with Crippen LogP contribution >= 0.6 is 0 Å². The van der Waals surface area contributed by atoms with Crippen LogP contribution in [0.5, 0.6) is 0 Å². The smallest absolute Gasteiger partial charge is 0.257 e. The molecule has 56 valence electrons. The van der Waals surface area contributed by atoms with E-state index in [4.69, 9.17) is 0 Å². The lowest BCUT2D eigenvalue weighted by Crippen LogP contribution is -2.31. The minimum atomic E-state index is -0.207. The molecule has 2 rings (SSSR count). The van der Waals surface area contributed by atoms with Crippen molar-refractivity contribution < 1.29 is 9.59 Å². The Morgan fingerprint density at radius 1 is 1.18 bits per heavy atom. The average Bonchev–Trinajstić information content (AvgIpc) is 2.15. The monoisotopic (exact) mass is 149 g/mol. The number of carbonyl (C=O) groups is 2. The molecular weight excluding hydrogens is 142 g/mol. The Hall–Kier alpha value is -1.38. The van der Waals surface area contributed by atoms with E-state index >= 15 is 0 Å². The van der Waals surface area contributed by atoms with Crippen LogP contribution in [0.2, 0.25) is 0 Å². The van der Waals surface area contributed by atoms with Gasteiger partial charge in [-0.15, -0.1) is 0 Å². The minimum absolute atomic E-state index is 0.207. The van der Waals surface area contributed by atoms with E-state index < -0.39 is 0 Å². The number of amides is 2. The molecule has 1 aliphatic carbocycles. The van der Waals surface area contributed by atoms with Gasteiger partial charge in [-0.3, -0.25) is 9.59 Å². The quantitative estimate of drug-likeness (QED) is 0.511. The minimum Gasteiger partial charge on any atom is -0.269 e. The predicted molar refractivity (Wildman–Crippen MR) is 38.3 cm³/mol. The number of imide groups is 1. The Balaban J connectivity index is 2.26. The van der Waals surface area contributed by atoms with Gasteiger partial charge in [0.15, 0.2) is 0 Å². The number of hydrogen-bond donors (Lipinski definition) is 0. The Bertz CT molecular complexity index is 270. The predicted octanol–water partition coefficient (Wildman–Crippen LogP) is 0.589. The van der Waals surface area contributed by atoms with Crippen molar-refractivity contribution in [2.45, 2.75) is 12.8 Å². The van der Waals surface area contributed by atoms with Gasteiger partial charge in [0.1, 0.15) is 0 Å². The topological polar surface area (TPSA) is 37.4 Å². The highest BCUT2D eigenvalue weighted by Gasteiger charge is 2.28. The molecule has 0 bridgehead atoms. The van der Waals surface area contributed by atoms with Crippen LogP contribution in [-0.4, -0.2) is 16.7 Å². The summed E-state index contributed by atoms with van der Waals surface area (Å²) in [5.41, 5.74) is 0.852. The summed E-state index contributed by atoms with van der Waals surface area (Å²) in [6, 6.07) is 0. The van der Waals surface area contributed by atoms with Crippen molar-refractivity contribution in [3.63, 3.8) is 0 Å². The van der Waals surface area contributed by atoms with Crippen molar-refractivity contribution in [2.24, 2.45) is 0 Å². The third-order valence-corrected chi connectivity index (χ3v) is 1.88. The van der Waals surface area contributed by atoms with Crippen molar-refractivity contribution in [2.75, 3.05) is 0 Å². The van der Waals surface area contributed by atoms with Crippen LogP contribution in [0.15, 0.2) is 23.9 Å². The SMILES string of the molecule is O=C1C=CC(=O)N1C1=CCC1. The second-order valence-electron chi connectivity index (χ2n) is 2.58. The molecule has 0 aromatic carbocycles. The highest BCUT2D eigenvalue weighted by molar-refractivity contribution is 6.14. The van der Waals surface area contributed by atoms with E-state index in [9.17, 15) is 9.59 Å². The maximum absolute atomic E-state index is 11.0. The summed E-state index contributed by atoms with van der Waals surface area (Å²) in [5, 5.41) is 0. The van der Waals surface area contributed by atoms with Crippen molar-refractivity contribution in [1.82, 2.24) is 4.90 Å². The van der Waals surface area contributed by atoms with Crippen LogP contribution in [0.1, 0.15) is 12.8 Å². The number of carbonyl (C=O) groups excluding carboxylic acids is 2. The third kappa shape index (κ3) is 0.808. The lowest BCUT2D eigenvalue weighted by atomic mass is 10.1. The van der Waals surface area contributed by atoms with Gasteiger partial charge in [-0.05, 0) is 12.8 Å². The van der Waals surface area contributed by atoms with Crippen molar-refractivity contribution in [3.8, 4) is 0 Å². The zero-order valence-electron chi connectivity index (χ0n) is 5.91. The summed E-state index contributed by atoms with van der Waals surface area (Å²) in [4.78, 5) is 23.2. The molecule has 0 saturated heterocycles. The Morgan fingerprint density at radius 3 is 2.09 bits per heavy atom. The molecule has 0 N–H and O–H groups in total. The Morgan fingerprint density at radius 2 is 1.73 bits per heavy atom. The molecule has 0 aromatic rings. The lowest BCUT2D eigenvalue weighted by Gasteiger charge is -2.22. The molecule has 0 spiro atoms. The Labute approximate surface area is 64.0 Å². The maximum Gasteiger partial charge on any atom is 0.257 e. The van der Waals surface area contributed by atoms with Crippen LogP contribution < -0.4 is 0 Å². The largest absolute Gasteiger partial charge is 0.269 e. The molecule has 1 heterocycles. The standard InChI is InChI=1S/C8H7NO2/c10-7-4-5-8(11)9(7)6-2-1-3-6/h2,4-5H,1,3H2. The number of rotatable bonds is 1. The van der Waals surface area contributed by atoms with Gasteiger partial charge in [0, 0.05) is 17.8 Å². The van der Waals surface area contributed by atoms with E-state index in [1.165, 1.54) is 17.1 Å². The summed E-state index contributed by atoms with van der Waals surface area (Å²) in [5.74, 6) is -0.415. The van der Waals surface area contributed by atoms with Gasteiger partial charge in [0.25, 0.3) is 11.8 Å². The molecule has 0 unspecified atom stereocenters.